The molecule has 1 fully saturated rings. The van der Waals surface area contributed by atoms with Gasteiger partial charge in [0, 0.05) is 6.07 Å². The van der Waals surface area contributed by atoms with Gasteiger partial charge in [0.25, 0.3) is 0 Å². The lowest BCUT2D eigenvalue weighted by molar-refractivity contribution is 0.396. The number of tetrazole rings is 1. The molecule has 0 aliphatic heterocycles. The van der Waals surface area contributed by atoms with Crippen LogP contribution < -0.4 is 15.2 Å². The number of nitrogens with two attached hydrogens (primary N) is 1. The average molecular weight is 289 g/mol. The fourth-order valence-corrected chi connectivity index (χ4v) is 2.64. The summed E-state index contributed by atoms with van der Waals surface area (Å²) in [4.78, 5) is 0. The van der Waals surface area contributed by atoms with E-state index >= 15 is 0 Å². The predicted molar refractivity (Wildman–Crippen MR) is 78.2 cm³/mol. The van der Waals surface area contributed by atoms with E-state index in [2.05, 4.69) is 22.4 Å². The Kier molecular flexibility index (Phi) is 3.40. The largest absolute Gasteiger partial charge is 0.497 e. The maximum absolute atomic E-state index is 6.18. The van der Waals surface area contributed by atoms with Crippen LogP contribution in [0.25, 0.3) is 11.4 Å². The Morgan fingerprint density at radius 3 is 2.76 bits per heavy atom. The van der Waals surface area contributed by atoms with E-state index in [1.54, 1.807) is 20.3 Å². The van der Waals surface area contributed by atoms with E-state index < -0.39 is 0 Å². The van der Waals surface area contributed by atoms with Gasteiger partial charge in [0.2, 0.25) is 0 Å². The number of rotatable bonds is 5. The molecule has 0 radical (unpaired) electrons. The third-order valence-electron chi connectivity index (χ3n) is 4.03. The lowest BCUT2D eigenvalue weighted by Crippen LogP contribution is -2.05. The number of hydrogen-bond donors (Lipinski definition) is 1. The number of nitrogen functional groups attached to an aromatic ring is 1. The van der Waals surface area contributed by atoms with E-state index in [1.807, 2.05) is 10.7 Å². The van der Waals surface area contributed by atoms with Gasteiger partial charge in [-0.2, -0.15) is 0 Å². The van der Waals surface area contributed by atoms with Gasteiger partial charge in [-0.15, -0.1) is 5.10 Å². The molecule has 0 amide bonds. The van der Waals surface area contributed by atoms with Gasteiger partial charge in [0.05, 0.1) is 31.5 Å². The standard InChI is InChI=1S/C14H19N5O2/c1-4-8-5-11(8)19-14(16-17-18-19)10-6-9(20-2)7-12(21-3)13(10)15/h6-8,11H,4-5,15H2,1-3H3. The zero-order valence-corrected chi connectivity index (χ0v) is 12.4. The van der Waals surface area contributed by atoms with Crippen molar-refractivity contribution in [1.82, 2.24) is 20.2 Å². The summed E-state index contributed by atoms with van der Waals surface area (Å²) >= 11 is 0. The van der Waals surface area contributed by atoms with Gasteiger partial charge < -0.3 is 15.2 Å². The molecule has 1 heterocycles. The molecule has 2 aromatic rings. The second-order valence-electron chi connectivity index (χ2n) is 5.21. The summed E-state index contributed by atoms with van der Waals surface area (Å²) in [5, 5.41) is 12.1. The minimum Gasteiger partial charge on any atom is -0.497 e. The van der Waals surface area contributed by atoms with Crippen molar-refractivity contribution in [3.05, 3.63) is 12.1 Å². The predicted octanol–water partition coefficient (Wildman–Crippen LogP) is 1.91. The molecular formula is C14H19N5O2. The van der Waals surface area contributed by atoms with Crippen LogP contribution in [0.5, 0.6) is 11.5 Å². The van der Waals surface area contributed by atoms with E-state index in [0.29, 0.717) is 35.0 Å². The highest BCUT2D eigenvalue weighted by atomic mass is 16.5. The lowest BCUT2D eigenvalue weighted by atomic mass is 10.1. The SMILES string of the molecule is CCC1CC1n1nnnc1-c1cc(OC)cc(OC)c1N. The normalized spacial score (nSPS) is 20.3. The van der Waals surface area contributed by atoms with Crippen LogP contribution in [0.4, 0.5) is 5.69 Å². The molecule has 1 saturated carbocycles. The highest BCUT2D eigenvalue weighted by Gasteiger charge is 2.40. The van der Waals surface area contributed by atoms with Crippen LogP contribution in [0.15, 0.2) is 12.1 Å². The van der Waals surface area contributed by atoms with Crippen molar-refractivity contribution in [2.45, 2.75) is 25.8 Å². The summed E-state index contributed by atoms with van der Waals surface area (Å²) < 4.78 is 12.5. The molecule has 21 heavy (non-hydrogen) atoms. The van der Waals surface area contributed by atoms with Crippen molar-refractivity contribution in [2.24, 2.45) is 5.92 Å². The number of benzene rings is 1. The van der Waals surface area contributed by atoms with Crippen molar-refractivity contribution in [2.75, 3.05) is 20.0 Å². The molecule has 1 aliphatic carbocycles. The number of methoxy groups -OCH3 is 2. The van der Waals surface area contributed by atoms with E-state index in [-0.39, 0.29) is 0 Å². The van der Waals surface area contributed by atoms with Gasteiger partial charge in [-0.05, 0) is 28.8 Å². The van der Waals surface area contributed by atoms with Crippen LogP contribution >= 0.6 is 0 Å². The van der Waals surface area contributed by atoms with Crippen LogP contribution in [0, 0.1) is 5.92 Å². The molecule has 1 aromatic heterocycles. The minimum atomic E-state index is 0.358. The summed E-state index contributed by atoms with van der Waals surface area (Å²) in [6, 6.07) is 3.94. The molecule has 0 bridgehead atoms. The molecule has 2 atom stereocenters. The Labute approximate surface area is 123 Å². The highest BCUT2D eigenvalue weighted by molar-refractivity contribution is 5.78. The summed E-state index contributed by atoms with van der Waals surface area (Å²) in [6.45, 7) is 2.18. The first-order chi connectivity index (χ1) is 10.2. The third kappa shape index (κ3) is 2.28. The van der Waals surface area contributed by atoms with Crippen molar-refractivity contribution in [3.63, 3.8) is 0 Å². The first-order valence-electron chi connectivity index (χ1n) is 6.99. The van der Waals surface area contributed by atoms with E-state index in [9.17, 15) is 0 Å². The van der Waals surface area contributed by atoms with Crippen LogP contribution in [0.1, 0.15) is 25.8 Å². The maximum Gasteiger partial charge on any atom is 0.184 e. The van der Waals surface area contributed by atoms with E-state index in [1.165, 1.54) is 0 Å². The van der Waals surface area contributed by atoms with Crippen LogP contribution in [-0.2, 0) is 0 Å². The van der Waals surface area contributed by atoms with Crippen molar-refractivity contribution >= 4 is 5.69 Å². The second kappa shape index (κ2) is 5.23. The van der Waals surface area contributed by atoms with Crippen LogP contribution in [0.3, 0.4) is 0 Å². The average Bonchev–Trinajstić information content (AvgIpc) is 3.15. The molecule has 7 nitrogen and oxygen atoms in total. The summed E-state index contributed by atoms with van der Waals surface area (Å²) in [5.41, 5.74) is 7.43. The number of hydrogen-bond acceptors (Lipinski definition) is 6. The first-order valence-corrected chi connectivity index (χ1v) is 6.99. The van der Waals surface area contributed by atoms with Gasteiger partial charge in [0.1, 0.15) is 11.5 Å². The van der Waals surface area contributed by atoms with Gasteiger partial charge in [-0.25, -0.2) is 4.68 Å². The van der Waals surface area contributed by atoms with E-state index in [0.717, 1.165) is 18.4 Å². The zero-order chi connectivity index (χ0) is 15.0. The highest BCUT2D eigenvalue weighted by Crippen LogP contribution is 2.47. The Balaban J connectivity index is 2.07. The molecule has 2 N–H and O–H groups in total. The van der Waals surface area contributed by atoms with Crippen LogP contribution in [-0.4, -0.2) is 34.4 Å². The Morgan fingerprint density at radius 1 is 1.33 bits per heavy atom. The smallest absolute Gasteiger partial charge is 0.184 e. The molecule has 7 heteroatoms. The molecule has 1 aliphatic rings. The lowest BCUT2D eigenvalue weighted by Gasteiger charge is -2.12. The molecule has 1 aromatic carbocycles. The fraction of sp³-hybridized carbons (Fsp3) is 0.500. The van der Waals surface area contributed by atoms with Gasteiger partial charge in [-0.3, -0.25) is 0 Å². The second-order valence-corrected chi connectivity index (χ2v) is 5.21. The van der Waals surface area contributed by atoms with Crippen molar-refractivity contribution in [3.8, 4) is 22.9 Å². The zero-order valence-electron chi connectivity index (χ0n) is 12.4. The number of ether oxygens (including phenoxy) is 2. The summed E-state index contributed by atoms with van der Waals surface area (Å²) in [5.74, 6) is 2.52. The number of anilines is 1. The molecule has 2 unspecified atom stereocenters. The first kappa shape index (κ1) is 13.7. The Morgan fingerprint density at radius 2 is 2.14 bits per heavy atom. The quantitative estimate of drug-likeness (QED) is 0.846. The monoisotopic (exact) mass is 289 g/mol. The molecule has 0 spiro atoms. The maximum atomic E-state index is 6.18. The van der Waals surface area contributed by atoms with Crippen molar-refractivity contribution in [1.29, 1.82) is 0 Å². The van der Waals surface area contributed by atoms with Gasteiger partial charge >= 0.3 is 0 Å². The Hall–Kier alpha value is -2.31. The fourth-order valence-electron chi connectivity index (χ4n) is 2.64. The number of aromatic nitrogens is 4. The van der Waals surface area contributed by atoms with Crippen molar-refractivity contribution < 1.29 is 9.47 Å². The summed E-state index contributed by atoms with van der Waals surface area (Å²) in [6.07, 6.45) is 2.23. The van der Waals surface area contributed by atoms with Crippen LogP contribution in [0.2, 0.25) is 0 Å². The van der Waals surface area contributed by atoms with Gasteiger partial charge in [0.15, 0.2) is 5.82 Å². The third-order valence-corrected chi connectivity index (χ3v) is 4.03. The molecular weight excluding hydrogens is 270 g/mol. The number of nitrogens with zero attached hydrogens (tertiary/aromatic N) is 4. The van der Waals surface area contributed by atoms with Gasteiger partial charge in [-0.1, -0.05) is 13.3 Å². The topological polar surface area (TPSA) is 88.1 Å². The molecule has 0 saturated heterocycles. The Bertz CT molecular complexity index is 655. The minimum absolute atomic E-state index is 0.358. The molecule has 3 rings (SSSR count). The molecule has 112 valence electrons. The summed E-state index contributed by atoms with van der Waals surface area (Å²) in [7, 11) is 3.18. The van der Waals surface area contributed by atoms with E-state index in [4.69, 9.17) is 15.2 Å².